The monoisotopic (exact) mass is 308 g/mol. The highest BCUT2D eigenvalue weighted by Gasteiger charge is 2.24. The Morgan fingerprint density at radius 3 is 2.73 bits per heavy atom. The number of aliphatic carboxylic acids is 1. The van der Waals surface area contributed by atoms with Gasteiger partial charge in [-0.3, -0.25) is 24.1 Å². The van der Waals surface area contributed by atoms with Gasteiger partial charge in [0.25, 0.3) is 11.5 Å². The van der Waals surface area contributed by atoms with E-state index in [1.165, 1.54) is 24.5 Å². The lowest BCUT2D eigenvalue weighted by molar-refractivity contribution is -0.141. The van der Waals surface area contributed by atoms with Crippen molar-refractivity contribution in [1.29, 1.82) is 0 Å². The number of carbonyl (C=O) groups excluding carboxylic acids is 1. The Hall–Kier alpha value is -3.30. The van der Waals surface area contributed by atoms with E-state index in [9.17, 15) is 23.6 Å². The largest absolute Gasteiger partial charge is 0.478 e. The van der Waals surface area contributed by atoms with Crippen LogP contribution in [-0.4, -0.2) is 31.5 Å². The summed E-state index contributed by atoms with van der Waals surface area (Å²) in [6.45, 7) is 0. The van der Waals surface area contributed by atoms with Crippen LogP contribution < -0.4 is 16.6 Å². The highest BCUT2D eigenvalue weighted by Crippen LogP contribution is 2.03. The summed E-state index contributed by atoms with van der Waals surface area (Å²) >= 11 is 0. The number of carboxylic acid groups (broad SMARTS) is 1. The van der Waals surface area contributed by atoms with Crippen LogP contribution in [0.4, 0.5) is 4.39 Å². The summed E-state index contributed by atoms with van der Waals surface area (Å²) in [7, 11) is 0. The van der Waals surface area contributed by atoms with Crippen LogP contribution in [0.1, 0.15) is 16.5 Å². The van der Waals surface area contributed by atoms with Gasteiger partial charge < -0.3 is 10.4 Å². The fourth-order valence-corrected chi connectivity index (χ4v) is 1.61. The molecule has 0 bridgehead atoms. The van der Waals surface area contributed by atoms with Gasteiger partial charge >= 0.3 is 11.7 Å². The molecule has 114 valence electrons. The van der Waals surface area contributed by atoms with E-state index in [2.05, 4.69) is 4.98 Å². The standard InChI is InChI=1S/C12H9FN4O5/c13-7-5-17(12(22)16-10(7)19)8(11(20)21)15-9(18)6-2-1-3-14-4-6/h1-5,8H,(H,15,18)(H,20,21)(H,16,19,22)/t8-/m1/s1. The van der Waals surface area contributed by atoms with E-state index < -0.39 is 35.1 Å². The summed E-state index contributed by atoms with van der Waals surface area (Å²) in [5, 5.41) is 11.1. The van der Waals surface area contributed by atoms with Gasteiger partial charge in [0.2, 0.25) is 12.0 Å². The molecule has 22 heavy (non-hydrogen) atoms. The van der Waals surface area contributed by atoms with E-state index in [0.717, 1.165) is 0 Å². The zero-order valence-electron chi connectivity index (χ0n) is 10.8. The highest BCUT2D eigenvalue weighted by molar-refractivity contribution is 5.95. The maximum atomic E-state index is 13.2. The van der Waals surface area contributed by atoms with Crippen molar-refractivity contribution >= 4 is 11.9 Å². The van der Waals surface area contributed by atoms with Crippen molar-refractivity contribution in [2.75, 3.05) is 0 Å². The molecule has 0 aliphatic rings. The van der Waals surface area contributed by atoms with Crippen molar-refractivity contribution < 1.29 is 19.1 Å². The summed E-state index contributed by atoms with van der Waals surface area (Å²) < 4.78 is 13.6. The van der Waals surface area contributed by atoms with Crippen LogP contribution in [0.15, 0.2) is 40.3 Å². The molecule has 0 aliphatic heterocycles. The molecule has 2 aromatic heterocycles. The molecule has 0 fully saturated rings. The molecule has 0 saturated heterocycles. The minimum Gasteiger partial charge on any atom is -0.478 e. The zero-order chi connectivity index (χ0) is 16.3. The maximum absolute atomic E-state index is 13.2. The summed E-state index contributed by atoms with van der Waals surface area (Å²) in [4.78, 5) is 50.9. The topological polar surface area (TPSA) is 134 Å². The van der Waals surface area contributed by atoms with Crippen LogP contribution in [0.25, 0.3) is 0 Å². The molecule has 2 aromatic rings. The highest BCUT2D eigenvalue weighted by atomic mass is 19.1. The molecule has 0 aliphatic carbocycles. The lowest BCUT2D eigenvalue weighted by Crippen LogP contribution is -2.44. The molecule has 0 unspecified atom stereocenters. The molecule has 10 heteroatoms. The second kappa shape index (κ2) is 5.99. The Balaban J connectivity index is 2.38. The van der Waals surface area contributed by atoms with Crippen LogP contribution in [-0.2, 0) is 4.79 Å². The lowest BCUT2D eigenvalue weighted by Gasteiger charge is -2.16. The first kappa shape index (κ1) is 15.1. The number of amides is 1. The van der Waals surface area contributed by atoms with Gasteiger partial charge in [0, 0.05) is 12.4 Å². The maximum Gasteiger partial charge on any atom is 0.347 e. The summed E-state index contributed by atoms with van der Waals surface area (Å²) in [5.74, 6) is -3.81. The van der Waals surface area contributed by atoms with Crippen molar-refractivity contribution in [3.63, 3.8) is 0 Å². The number of carboxylic acids is 1. The van der Waals surface area contributed by atoms with E-state index in [0.29, 0.717) is 10.8 Å². The van der Waals surface area contributed by atoms with Crippen molar-refractivity contribution in [3.8, 4) is 0 Å². The number of nitrogens with zero attached hydrogens (tertiary/aromatic N) is 2. The molecule has 0 radical (unpaired) electrons. The van der Waals surface area contributed by atoms with Crippen LogP contribution in [0, 0.1) is 5.82 Å². The van der Waals surface area contributed by atoms with Gasteiger partial charge in [0.1, 0.15) is 0 Å². The van der Waals surface area contributed by atoms with Crippen LogP contribution in [0.5, 0.6) is 0 Å². The third kappa shape index (κ3) is 3.06. The Kier molecular flexibility index (Phi) is 4.11. The van der Waals surface area contributed by atoms with Gasteiger partial charge in [0.15, 0.2) is 0 Å². The van der Waals surface area contributed by atoms with E-state index in [4.69, 9.17) is 5.11 Å². The van der Waals surface area contributed by atoms with Gasteiger partial charge in [-0.05, 0) is 12.1 Å². The van der Waals surface area contributed by atoms with Crippen molar-refractivity contribution in [1.82, 2.24) is 19.9 Å². The number of hydrogen-bond acceptors (Lipinski definition) is 5. The number of halogens is 1. The molecule has 0 aromatic carbocycles. The Labute approximate surface area is 121 Å². The van der Waals surface area contributed by atoms with E-state index >= 15 is 0 Å². The van der Waals surface area contributed by atoms with Crippen molar-refractivity contribution in [3.05, 3.63) is 62.9 Å². The number of pyridine rings is 1. The number of carbonyl (C=O) groups is 2. The number of H-pyrrole nitrogens is 1. The summed E-state index contributed by atoms with van der Waals surface area (Å²) in [6.07, 6.45) is 1.10. The van der Waals surface area contributed by atoms with Crippen LogP contribution >= 0.6 is 0 Å². The first-order valence-corrected chi connectivity index (χ1v) is 5.85. The minimum atomic E-state index is -1.90. The smallest absolute Gasteiger partial charge is 0.347 e. The second-order valence-electron chi connectivity index (χ2n) is 4.10. The van der Waals surface area contributed by atoms with Crippen LogP contribution in [0.2, 0.25) is 0 Å². The first-order chi connectivity index (χ1) is 10.4. The number of hydrogen-bond donors (Lipinski definition) is 3. The van der Waals surface area contributed by atoms with Crippen molar-refractivity contribution in [2.24, 2.45) is 0 Å². The molecular weight excluding hydrogens is 299 g/mol. The molecule has 2 rings (SSSR count). The quantitative estimate of drug-likeness (QED) is 0.669. The Morgan fingerprint density at radius 2 is 2.14 bits per heavy atom. The normalized spacial score (nSPS) is 11.7. The number of aromatic nitrogens is 3. The fourth-order valence-electron chi connectivity index (χ4n) is 1.61. The third-order valence-corrected chi connectivity index (χ3v) is 2.63. The molecule has 1 amide bonds. The Bertz CT molecular complexity index is 829. The number of aromatic amines is 1. The van der Waals surface area contributed by atoms with Crippen LogP contribution in [0.3, 0.4) is 0 Å². The molecule has 2 heterocycles. The van der Waals surface area contributed by atoms with Gasteiger partial charge in [-0.25, -0.2) is 9.59 Å². The second-order valence-corrected chi connectivity index (χ2v) is 4.10. The van der Waals surface area contributed by atoms with Gasteiger partial charge in [0.05, 0.1) is 11.8 Å². The van der Waals surface area contributed by atoms with Gasteiger partial charge in [-0.1, -0.05) is 0 Å². The SMILES string of the molecule is O=C(N[C@@H](C(=O)O)n1cc(F)c(=O)[nH]c1=O)c1cccnc1. The van der Waals surface area contributed by atoms with E-state index in [1.807, 2.05) is 5.32 Å². The summed E-state index contributed by atoms with van der Waals surface area (Å²) in [6, 6.07) is 2.83. The Morgan fingerprint density at radius 1 is 1.41 bits per heavy atom. The number of rotatable bonds is 4. The average Bonchev–Trinajstić information content (AvgIpc) is 2.49. The lowest BCUT2D eigenvalue weighted by atomic mass is 10.2. The van der Waals surface area contributed by atoms with Gasteiger partial charge in [-0.15, -0.1) is 0 Å². The zero-order valence-corrected chi connectivity index (χ0v) is 10.8. The first-order valence-electron chi connectivity index (χ1n) is 5.85. The van der Waals surface area contributed by atoms with E-state index in [-0.39, 0.29) is 5.56 Å². The molecular formula is C12H9FN4O5. The summed E-state index contributed by atoms with van der Waals surface area (Å²) in [5.41, 5.74) is -2.42. The average molecular weight is 308 g/mol. The predicted octanol–water partition coefficient (Wildman–Crippen LogP) is -0.916. The third-order valence-electron chi connectivity index (χ3n) is 2.63. The minimum absolute atomic E-state index is 0.0479. The predicted molar refractivity (Wildman–Crippen MR) is 69.7 cm³/mol. The van der Waals surface area contributed by atoms with Crippen molar-refractivity contribution in [2.45, 2.75) is 6.17 Å². The molecule has 0 saturated carbocycles. The van der Waals surface area contributed by atoms with E-state index in [1.54, 1.807) is 4.98 Å². The molecule has 3 N–H and O–H groups in total. The van der Waals surface area contributed by atoms with Gasteiger partial charge in [-0.2, -0.15) is 4.39 Å². The molecule has 0 spiro atoms. The fraction of sp³-hybridized carbons (Fsp3) is 0.0833. The number of nitrogens with one attached hydrogen (secondary N) is 2. The molecule has 1 atom stereocenters. The molecule has 9 nitrogen and oxygen atoms in total.